The Bertz CT molecular complexity index is 571. The fourth-order valence-electron chi connectivity index (χ4n) is 3.30. The molecule has 1 fully saturated rings. The molecule has 1 amide bonds. The third kappa shape index (κ3) is 2.93. The van der Waals surface area contributed by atoms with Crippen LogP contribution >= 0.6 is 0 Å². The van der Waals surface area contributed by atoms with Gasteiger partial charge in [0.15, 0.2) is 0 Å². The maximum atomic E-state index is 12.3. The van der Waals surface area contributed by atoms with Crippen molar-refractivity contribution in [2.75, 3.05) is 6.54 Å². The highest BCUT2D eigenvalue weighted by Gasteiger charge is 2.34. The van der Waals surface area contributed by atoms with E-state index in [-0.39, 0.29) is 11.9 Å². The molecule has 1 aromatic carbocycles. The van der Waals surface area contributed by atoms with Crippen molar-refractivity contribution in [3.63, 3.8) is 0 Å². The largest absolute Gasteiger partial charge is 0.481 e. The van der Waals surface area contributed by atoms with Gasteiger partial charge in [0.1, 0.15) is 0 Å². The highest BCUT2D eigenvalue weighted by molar-refractivity contribution is 5.95. The second-order valence-corrected chi connectivity index (χ2v) is 5.87. The Balaban J connectivity index is 1.72. The number of carbonyl (C=O) groups is 2. The van der Waals surface area contributed by atoms with Crippen molar-refractivity contribution in [3.05, 3.63) is 34.9 Å². The Labute approximate surface area is 123 Å². The highest BCUT2D eigenvalue weighted by Crippen LogP contribution is 2.26. The molecule has 1 aliphatic heterocycles. The molecule has 0 aromatic heterocycles. The Morgan fingerprint density at radius 3 is 2.90 bits per heavy atom. The van der Waals surface area contributed by atoms with Gasteiger partial charge in [-0.3, -0.25) is 9.59 Å². The number of hydrogen-bond acceptors (Lipinski definition) is 3. The van der Waals surface area contributed by atoms with Crippen molar-refractivity contribution in [1.29, 1.82) is 0 Å². The van der Waals surface area contributed by atoms with Crippen LogP contribution in [0.1, 0.15) is 40.7 Å². The lowest BCUT2D eigenvalue weighted by Crippen LogP contribution is -2.40. The molecule has 0 bridgehead atoms. The van der Waals surface area contributed by atoms with Crippen LogP contribution in [0.5, 0.6) is 0 Å². The molecule has 2 atom stereocenters. The molecule has 3 rings (SSSR count). The molecular weight excluding hydrogens is 268 g/mol. The summed E-state index contributed by atoms with van der Waals surface area (Å²) in [5.41, 5.74) is 3.08. The van der Waals surface area contributed by atoms with Crippen LogP contribution < -0.4 is 10.6 Å². The van der Waals surface area contributed by atoms with Crippen molar-refractivity contribution in [3.8, 4) is 0 Å². The SMILES string of the molecule is O=C(NC1CCCC1C(=O)O)c1ccc2c(c1)CCNC2. The van der Waals surface area contributed by atoms with E-state index in [2.05, 4.69) is 10.6 Å². The zero-order chi connectivity index (χ0) is 14.8. The predicted octanol–water partition coefficient (Wildman–Crippen LogP) is 1.32. The lowest BCUT2D eigenvalue weighted by molar-refractivity contribution is -0.142. The maximum Gasteiger partial charge on any atom is 0.308 e. The fourth-order valence-corrected chi connectivity index (χ4v) is 3.30. The van der Waals surface area contributed by atoms with E-state index in [1.807, 2.05) is 18.2 Å². The lowest BCUT2D eigenvalue weighted by Gasteiger charge is -2.20. The minimum absolute atomic E-state index is 0.158. The molecule has 112 valence electrons. The summed E-state index contributed by atoms with van der Waals surface area (Å²) in [6, 6.07) is 5.51. The smallest absolute Gasteiger partial charge is 0.308 e. The molecule has 5 nitrogen and oxygen atoms in total. The van der Waals surface area contributed by atoms with E-state index in [9.17, 15) is 9.59 Å². The molecule has 21 heavy (non-hydrogen) atoms. The summed E-state index contributed by atoms with van der Waals surface area (Å²) >= 11 is 0. The van der Waals surface area contributed by atoms with E-state index >= 15 is 0 Å². The second-order valence-electron chi connectivity index (χ2n) is 5.87. The van der Waals surface area contributed by atoms with Gasteiger partial charge in [-0.2, -0.15) is 0 Å². The number of rotatable bonds is 3. The van der Waals surface area contributed by atoms with Gasteiger partial charge in [-0.05, 0) is 49.1 Å². The Hall–Kier alpha value is -1.88. The van der Waals surface area contributed by atoms with Crippen molar-refractivity contribution < 1.29 is 14.7 Å². The van der Waals surface area contributed by atoms with Gasteiger partial charge >= 0.3 is 5.97 Å². The molecule has 0 spiro atoms. The first kappa shape index (κ1) is 14.1. The van der Waals surface area contributed by atoms with Crippen LogP contribution in [0.2, 0.25) is 0 Å². The molecule has 0 saturated heterocycles. The minimum atomic E-state index is -0.811. The number of benzene rings is 1. The van der Waals surface area contributed by atoms with Gasteiger partial charge in [0.05, 0.1) is 5.92 Å². The number of carboxylic acid groups (broad SMARTS) is 1. The van der Waals surface area contributed by atoms with Crippen LogP contribution in [0.3, 0.4) is 0 Å². The Morgan fingerprint density at radius 2 is 2.10 bits per heavy atom. The molecular formula is C16H20N2O3. The second kappa shape index (κ2) is 5.85. The predicted molar refractivity (Wildman–Crippen MR) is 78.1 cm³/mol. The zero-order valence-electron chi connectivity index (χ0n) is 11.9. The molecule has 1 heterocycles. The third-order valence-electron chi connectivity index (χ3n) is 4.50. The Kier molecular flexibility index (Phi) is 3.92. The molecule has 1 aromatic rings. The monoisotopic (exact) mass is 288 g/mol. The lowest BCUT2D eigenvalue weighted by atomic mass is 9.97. The number of nitrogens with one attached hydrogen (secondary N) is 2. The van der Waals surface area contributed by atoms with Crippen LogP contribution in [0.15, 0.2) is 18.2 Å². The topological polar surface area (TPSA) is 78.4 Å². The number of fused-ring (bicyclic) bond motifs is 1. The van der Waals surface area contributed by atoms with Crippen LogP contribution in [0, 0.1) is 5.92 Å². The van der Waals surface area contributed by atoms with Gasteiger partial charge in [-0.15, -0.1) is 0 Å². The summed E-state index contributed by atoms with van der Waals surface area (Å²) in [7, 11) is 0. The summed E-state index contributed by atoms with van der Waals surface area (Å²) in [5, 5.41) is 15.4. The van der Waals surface area contributed by atoms with Gasteiger partial charge < -0.3 is 15.7 Å². The van der Waals surface area contributed by atoms with Crippen molar-refractivity contribution in [2.24, 2.45) is 5.92 Å². The number of carbonyl (C=O) groups excluding carboxylic acids is 1. The van der Waals surface area contributed by atoms with Crippen molar-refractivity contribution >= 4 is 11.9 Å². The summed E-state index contributed by atoms with van der Waals surface area (Å²) in [6.45, 7) is 1.78. The van der Waals surface area contributed by atoms with E-state index in [0.717, 1.165) is 32.4 Å². The van der Waals surface area contributed by atoms with E-state index in [1.165, 1.54) is 11.1 Å². The number of amides is 1. The summed E-state index contributed by atoms with van der Waals surface area (Å²) < 4.78 is 0. The van der Waals surface area contributed by atoms with Crippen LogP contribution in [-0.2, 0) is 17.8 Å². The molecule has 2 aliphatic rings. The fraction of sp³-hybridized carbons (Fsp3) is 0.500. The van der Waals surface area contributed by atoms with Gasteiger partial charge in [0.2, 0.25) is 0 Å². The molecule has 0 radical (unpaired) electrons. The van der Waals surface area contributed by atoms with Gasteiger partial charge in [-0.1, -0.05) is 12.5 Å². The first-order valence-corrected chi connectivity index (χ1v) is 7.51. The van der Waals surface area contributed by atoms with Crippen molar-refractivity contribution in [1.82, 2.24) is 10.6 Å². The van der Waals surface area contributed by atoms with Crippen LogP contribution in [0.25, 0.3) is 0 Å². The van der Waals surface area contributed by atoms with Crippen LogP contribution in [0.4, 0.5) is 0 Å². The molecule has 1 aliphatic carbocycles. The quantitative estimate of drug-likeness (QED) is 0.784. The summed E-state index contributed by atoms with van der Waals surface area (Å²) in [4.78, 5) is 23.5. The third-order valence-corrected chi connectivity index (χ3v) is 4.50. The number of carboxylic acids is 1. The van der Waals surface area contributed by atoms with E-state index in [1.54, 1.807) is 0 Å². The first-order valence-electron chi connectivity index (χ1n) is 7.51. The van der Waals surface area contributed by atoms with Gasteiger partial charge in [0.25, 0.3) is 5.91 Å². The molecule has 1 saturated carbocycles. The zero-order valence-corrected chi connectivity index (χ0v) is 11.9. The standard InChI is InChI=1S/C16H20N2O3/c19-15(18-14-3-1-2-13(14)16(20)21)11-4-5-12-9-17-7-6-10(12)8-11/h4-5,8,13-14,17H,1-3,6-7,9H2,(H,18,19)(H,20,21). The van der Waals surface area contributed by atoms with E-state index < -0.39 is 11.9 Å². The summed E-state index contributed by atoms with van der Waals surface area (Å²) in [6.07, 6.45) is 3.18. The summed E-state index contributed by atoms with van der Waals surface area (Å²) in [5.74, 6) is -1.42. The highest BCUT2D eigenvalue weighted by atomic mass is 16.4. The van der Waals surface area contributed by atoms with Gasteiger partial charge in [0, 0.05) is 18.2 Å². The van der Waals surface area contributed by atoms with Gasteiger partial charge in [-0.25, -0.2) is 0 Å². The average molecular weight is 288 g/mol. The van der Waals surface area contributed by atoms with E-state index in [0.29, 0.717) is 12.0 Å². The Morgan fingerprint density at radius 1 is 1.24 bits per heavy atom. The minimum Gasteiger partial charge on any atom is -0.481 e. The van der Waals surface area contributed by atoms with E-state index in [4.69, 9.17) is 5.11 Å². The first-order chi connectivity index (χ1) is 10.1. The molecule has 5 heteroatoms. The average Bonchev–Trinajstić information content (AvgIpc) is 2.95. The number of aliphatic carboxylic acids is 1. The normalized spacial score (nSPS) is 24.4. The van der Waals surface area contributed by atoms with Crippen molar-refractivity contribution in [2.45, 2.75) is 38.3 Å². The van der Waals surface area contributed by atoms with Crippen LogP contribution in [-0.4, -0.2) is 29.6 Å². The maximum absolute atomic E-state index is 12.3. The molecule has 2 unspecified atom stereocenters. The number of hydrogen-bond donors (Lipinski definition) is 3. The molecule has 3 N–H and O–H groups in total.